The molecule has 3 aliphatic carbocycles. The van der Waals surface area contributed by atoms with E-state index in [0.717, 1.165) is 24.0 Å². The number of nitrogens with zero attached hydrogens (tertiary/aromatic N) is 1. The molecule has 2 saturated carbocycles. The van der Waals surface area contributed by atoms with E-state index in [1.807, 2.05) is 24.3 Å². The summed E-state index contributed by atoms with van der Waals surface area (Å²) in [5.41, 5.74) is 2.92. The molecule has 0 bridgehead atoms. The lowest BCUT2D eigenvalue weighted by Gasteiger charge is -2.36. The van der Waals surface area contributed by atoms with Crippen molar-refractivity contribution < 1.29 is 24.2 Å². The highest BCUT2D eigenvalue weighted by atomic mass is 16.5. The second-order valence-electron chi connectivity index (χ2n) is 10.2. The number of amides is 2. The summed E-state index contributed by atoms with van der Waals surface area (Å²) in [6.07, 6.45) is 3.02. The summed E-state index contributed by atoms with van der Waals surface area (Å²) in [5.74, 6) is -0.985. The van der Waals surface area contributed by atoms with Crippen LogP contribution in [0.5, 0.6) is 0 Å². The number of nitrogens with one attached hydrogen (secondary N) is 1. The Labute approximate surface area is 198 Å². The lowest BCUT2D eigenvalue weighted by atomic mass is 9.97. The fourth-order valence-electron chi connectivity index (χ4n) is 6.14. The standard InChI is InChI=1S/C27H28N2O5/c30-23(29-13-5-6-17-14-27(17,29)24(31)32)26(11-12-26)16-28-25(33)34-15-22-20-9-3-1-7-18(20)19-8-2-4-10-21(19)22/h1-4,7-10,17,22H,5-6,11-16H2,(H,28,33)(H,31,32). The highest BCUT2D eigenvalue weighted by molar-refractivity contribution is 5.94. The third-order valence-corrected chi connectivity index (χ3v) is 8.33. The number of piperidine rings is 1. The van der Waals surface area contributed by atoms with E-state index in [-0.39, 0.29) is 30.9 Å². The van der Waals surface area contributed by atoms with Crippen molar-refractivity contribution >= 4 is 18.0 Å². The molecule has 2 aromatic carbocycles. The maximum absolute atomic E-state index is 13.4. The van der Waals surface area contributed by atoms with Crippen LogP contribution in [0.3, 0.4) is 0 Å². The van der Waals surface area contributed by atoms with E-state index in [1.165, 1.54) is 11.1 Å². The molecular weight excluding hydrogens is 432 g/mol. The summed E-state index contributed by atoms with van der Waals surface area (Å²) >= 11 is 0. The van der Waals surface area contributed by atoms with Gasteiger partial charge in [0, 0.05) is 19.0 Å². The van der Waals surface area contributed by atoms with Crippen molar-refractivity contribution in [3.05, 3.63) is 59.7 Å². The molecule has 1 heterocycles. The number of fused-ring (bicyclic) bond motifs is 4. The van der Waals surface area contributed by atoms with Gasteiger partial charge in [-0.25, -0.2) is 9.59 Å². The Balaban J connectivity index is 1.09. The number of rotatable bonds is 6. The largest absolute Gasteiger partial charge is 0.479 e. The molecule has 2 N–H and O–H groups in total. The average Bonchev–Trinajstić information content (AvgIpc) is 3.77. The van der Waals surface area contributed by atoms with Gasteiger partial charge in [0.05, 0.1) is 5.41 Å². The molecule has 0 aromatic heterocycles. The molecular formula is C27H28N2O5. The van der Waals surface area contributed by atoms with E-state index in [9.17, 15) is 19.5 Å². The molecule has 34 heavy (non-hydrogen) atoms. The van der Waals surface area contributed by atoms with Crippen LogP contribution in [0.4, 0.5) is 4.79 Å². The van der Waals surface area contributed by atoms with Crippen LogP contribution in [0.2, 0.25) is 0 Å². The van der Waals surface area contributed by atoms with Crippen molar-refractivity contribution in [3.8, 4) is 11.1 Å². The van der Waals surface area contributed by atoms with Gasteiger partial charge in [-0.3, -0.25) is 4.79 Å². The Hall–Kier alpha value is -3.35. The third-order valence-electron chi connectivity index (χ3n) is 8.33. The number of carbonyl (C=O) groups is 3. The van der Waals surface area contributed by atoms with Crippen LogP contribution in [0, 0.1) is 11.3 Å². The zero-order valence-corrected chi connectivity index (χ0v) is 19.0. The van der Waals surface area contributed by atoms with Gasteiger partial charge in [-0.15, -0.1) is 0 Å². The SMILES string of the molecule is O=C(NCC1(C(=O)N2CCCC3CC32C(=O)O)CC1)OCC1c2ccccc2-c2ccccc21. The zero-order chi connectivity index (χ0) is 23.5. The fourth-order valence-corrected chi connectivity index (χ4v) is 6.14. The molecule has 0 spiro atoms. The van der Waals surface area contributed by atoms with E-state index in [0.29, 0.717) is 25.8 Å². The highest BCUT2D eigenvalue weighted by Crippen LogP contribution is 2.57. The lowest BCUT2D eigenvalue weighted by molar-refractivity contribution is -0.157. The van der Waals surface area contributed by atoms with Gasteiger partial charge in [0.2, 0.25) is 5.91 Å². The second-order valence-corrected chi connectivity index (χ2v) is 10.2. The van der Waals surface area contributed by atoms with Gasteiger partial charge in [-0.1, -0.05) is 48.5 Å². The topological polar surface area (TPSA) is 95.9 Å². The van der Waals surface area contributed by atoms with Gasteiger partial charge in [-0.2, -0.15) is 0 Å². The van der Waals surface area contributed by atoms with Crippen LogP contribution in [0.15, 0.2) is 48.5 Å². The number of alkyl carbamates (subject to hydrolysis) is 1. The van der Waals surface area contributed by atoms with Gasteiger partial charge in [0.15, 0.2) is 0 Å². The minimum atomic E-state index is -1.02. The van der Waals surface area contributed by atoms with Crippen molar-refractivity contribution in [2.45, 2.75) is 43.6 Å². The summed E-state index contributed by atoms with van der Waals surface area (Å²) in [6.45, 7) is 0.879. The highest BCUT2D eigenvalue weighted by Gasteiger charge is 2.69. The maximum Gasteiger partial charge on any atom is 0.407 e. The predicted molar refractivity (Wildman–Crippen MR) is 124 cm³/mol. The van der Waals surface area contributed by atoms with Crippen LogP contribution >= 0.6 is 0 Å². The van der Waals surface area contributed by atoms with E-state index in [2.05, 4.69) is 29.6 Å². The van der Waals surface area contributed by atoms with Crippen molar-refractivity contribution in [3.63, 3.8) is 0 Å². The molecule has 2 unspecified atom stereocenters. The van der Waals surface area contributed by atoms with E-state index in [1.54, 1.807) is 4.90 Å². The third kappa shape index (κ3) is 3.13. The quantitative estimate of drug-likeness (QED) is 0.684. The van der Waals surface area contributed by atoms with Crippen LogP contribution in [-0.4, -0.2) is 53.2 Å². The number of carbonyl (C=O) groups excluding carboxylic acids is 2. The molecule has 7 nitrogen and oxygen atoms in total. The lowest BCUT2D eigenvalue weighted by Crippen LogP contribution is -2.55. The second kappa shape index (κ2) is 7.58. The molecule has 7 heteroatoms. The van der Waals surface area contributed by atoms with E-state index >= 15 is 0 Å². The van der Waals surface area contributed by atoms with Crippen LogP contribution in [-0.2, 0) is 14.3 Å². The minimum absolute atomic E-state index is 0.0229. The van der Waals surface area contributed by atoms with Gasteiger partial charge >= 0.3 is 12.1 Å². The number of benzene rings is 2. The molecule has 176 valence electrons. The first-order valence-corrected chi connectivity index (χ1v) is 12.1. The van der Waals surface area contributed by atoms with Crippen molar-refractivity contribution in [2.75, 3.05) is 19.7 Å². The van der Waals surface area contributed by atoms with Gasteiger partial charge in [0.1, 0.15) is 12.1 Å². The normalized spacial score (nSPS) is 25.5. The number of hydrogen-bond acceptors (Lipinski definition) is 4. The number of ether oxygens (including phenoxy) is 1. The number of carboxylic acids is 1. The van der Waals surface area contributed by atoms with Crippen LogP contribution < -0.4 is 5.32 Å². The molecule has 2 aromatic rings. The minimum Gasteiger partial charge on any atom is -0.479 e. The zero-order valence-electron chi connectivity index (χ0n) is 19.0. The molecule has 3 fully saturated rings. The van der Waals surface area contributed by atoms with Gasteiger partial charge in [-0.05, 0) is 60.3 Å². The van der Waals surface area contributed by atoms with Crippen molar-refractivity contribution in [1.29, 1.82) is 0 Å². The molecule has 6 rings (SSSR count). The van der Waals surface area contributed by atoms with Crippen molar-refractivity contribution in [2.24, 2.45) is 11.3 Å². The predicted octanol–water partition coefficient (Wildman–Crippen LogP) is 3.77. The van der Waals surface area contributed by atoms with Gasteiger partial charge in [0.25, 0.3) is 0 Å². The summed E-state index contributed by atoms with van der Waals surface area (Å²) in [4.78, 5) is 39.5. The maximum atomic E-state index is 13.4. The fraction of sp³-hybridized carbons (Fsp3) is 0.444. The Kier molecular flexibility index (Phi) is 4.73. The Morgan fingerprint density at radius 3 is 2.29 bits per heavy atom. The first kappa shape index (κ1) is 21.2. The number of carboxylic acid groups (broad SMARTS) is 1. The number of aliphatic carboxylic acids is 1. The van der Waals surface area contributed by atoms with E-state index < -0.39 is 23.0 Å². The summed E-state index contributed by atoms with van der Waals surface area (Å²) in [6, 6.07) is 16.3. The molecule has 1 saturated heterocycles. The smallest absolute Gasteiger partial charge is 0.407 e. The number of hydrogen-bond donors (Lipinski definition) is 2. The molecule has 4 aliphatic rings. The first-order chi connectivity index (χ1) is 16.5. The summed E-state index contributed by atoms with van der Waals surface area (Å²) in [5, 5.41) is 12.6. The Bertz CT molecular complexity index is 1140. The number of likely N-dealkylation sites (tertiary alicyclic amines) is 1. The summed E-state index contributed by atoms with van der Waals surface area (Å²) in [7, 11) is 0. The van der Waals surface area contributed by atoms with E-state index in [4.69, 9.17) is 4.74 Å². The van der Waals surface area contributed by atoms with Crippen LogP contribution in [0.25, 0.3) is 11.1 Å². The molecule has 2 atom stereocenters. The summed E-state index contributed by atoms with van der Waals surface area (Å²) < 4.78 is 5.61. The van der Waals surface area contributed by atoms with Crippen LogP contribution in [0.1, 0.15) is 49.1 Å². The Morgan fingerprint density at radius 1 is 1.03 bits per heavy atom. The van der Waals surface area contributed by atoms with Crippen molar-refractivity contribution in [1.82, 2.24) is 10.2 Å². The first-order valence-electron chi connectivity index (χ1n) is 12.1. The molecule has 2 amide bonds. The molecule has 1 aliphatic heterocycles. The average molecular weight is 461 g/mol. The Morgan fingerprint density at radius 2 is 1.68 bits per heavy atom. The molecule has 0 radical (unpaired) electrons. The van der Waals surface area contributed by atoms with Gasteiger partial charge < -0.3 is 20.1 Å². The monoisotopic (exact) mass is 460 g/mol.